The van der Waals surface area contributed by atoms with Crippen LogP contribution in [0, 0.1) is 11.8 Å². The van der Waals surface area contributed by atoms with Crippen molar-refractivity contribution in [1.29, 1.82) is 0 Å². The summed E-state index contributed by atoms with van der Waals surface area (Å²) in [7, 11) is 0. The zero-order chi connectivity index (χ0) is 19.9. The van der Waals surface area contributed by atoms with Crippen LogP contribution in [0.4, 0.5) is 0 Å². The van der Waals surface area contributed by atoms with Crippen molar-refractivity contribution in [2.45, 2.75) is 26.0 Å². The van der Waals surface area contributed by atoms with Crippen LogP contribution in [-0.4, -0.2) is 43.1 Å². The second kappa shape index (κ2) is 9.03. The summed E-state index contributed by atoms with van der Waals surface area (Å²) in [5.74, 6) is 6.66. The van der Waals surface area contributed by atoms with E-state index in [0.29, 0.717) is 35.9 Å². The SMILES string of the molecule is C[C@H](O)c1nccn1Cc1cc(C#Cc2ccc(OCCCO)c(=O)[nH]2)on1. The van der Waals surface area contributed by atoms with Gasteiger partial charge in [-0.2, -0.15) is 0 Å². The maximum Gasteiger partial charge on any atom is 0.291 e. The monoisotopic (exact) mass is 384 g/mol. The fraction of sp³-hybridized carbons (Fsp3) is 0.316. The van der Waals surface area contributed by atoms with E-state index in [-0.39, 0.29) is 19.0 Å². The molecule has 3 rings (SSSR count). The Morgan fingerprint density at radius 2 is 2.25 bits per heavy atom. The smallest absolute Gasteiger partial charge is 0.291 e. The molecule has 0 aliphatic rings. The van der Waals surface area contributed by atoms with E-state index < -0.39 is 11.7 Å². The van der Waals surface area contributed by atoms with E-state index in [1.807, 2.05) is 0 Å². The number of H-pyrrole nitrogens is 1. The Kier molecular flexibility index (Phi) is 6.26. The average molecular weight is 384 g/mol. The molecule has 0 saturated heterocycles. The highest BCUT2D eigenvalue weighted by atomic mass is 16.5. The standard InChI is InChI=1S/C19H20N4O5/c1-13(25)18-20-7-8-23(18)12-15-11-16(28-22-15)5-3-14-4-6-17(19(26)21-14)27-10-2-9-24/h4,6-8,11,13,24-25H,2,9-10,12H2,1H3,(H,21,26)/t13-/m0/s1. The van der Waals surface area contributed by atoms with Gasteiger partial charge >= 0.3 is 0 Å². The van der Waals surface area contributed by atoms with Crippen LogP contribution in [0.5, 0.6) is 5.75 Å². The molecule has 3 heterocycles. The summed E-state index contributed by atoms with van der Waals surface area (Å²) >= 11 is 0. The Morgan fingerprint density at radius 1 is 1.39 bits per heavy atom. The fourth-order valence-corrected chi connectivity index (χ4v) is 2.46. The van der Waals surface area contributed by atoms with Crippen LogP contribution in [-0.2, 0) is 6.54 Å². The number of hydrogen-bond acceptors (Lipinski definition) is 7. The lowest BCUT2D eigenvalue weighted by molar-refractivity contribution is 0.184. The summed E-state index contributed by atoms with van der Waals surface area (Å²) in [4.78, 5) is 18.7. The largest absolute Gasteiger partial charge is 0.488 e. The minimum absolute atomic E-state index is 0.00181. The molecule has 3 N–H and O–H groups in total. The third kappa shape index (κ3) is 4.88. The Balaban J connectivity index is 1.67. The molecule has 0 saturated carbocycles. The van der Waals surface area contributed by atoms with Gasteiger partial charge in [-0.05, 0) is 30.9 Å². The van der Waals surface area contributed by atoms with Crippen LogP contribution >= 0.6 is 0 Å². The molecule has 0 unspecified atom stereocenters. The predicted molar refractivity (Wildman–Crippen MR) is 98.7 cm³/mol. The molecule has 9 nitrogen and oxygen atoms in total. The Bertz CT molecular complexity index is 1040. The molecule has 0 aliphatic heterocycles. The molecule has 0 fully saturated rings. The van der Waals surface area contributed by atoms with E-state index in [9.17, 15) is 9.90 Å². The number of aromatic amines is 1. The van der Waals surface area contributed by atoms with Crippen molar-refractivity contribution in [3.63, 3.8) is 0 Å². The summed E-state index contributed by atoms with van der Waals surface area (Å²) in [6.45, 7) is 2.30. The normalized spacial score (nSPS) is 11.7. The maximum atomic E-state index is 11.9. The highest BCUT2D eigenvalue weighted by Gasteiger charge is 2.11. The molecule has 0 amide bonds. The van der Waals surface area contributed by atoms with Crippen molar-refractivity contribution in [2.24, 2.45) is 0 Å². The number of aliphatic hydroxyl groups is 2. The first-order chi connectivity index (χ1) is 13.6. The molecule has 0 aromatic carbocycles. The van der Waals surface area contributed by atoms with Gasteiger partial charge in [-0.3, -0.25) is 4.79 Å². The van der Waals surface area contributed by atoms with Gasteiger partial charge in [-0.1, -0.05) is 5.16 Å². The predicted octanol–water partition coefficient (Wildman–Crippen LogP) is 0.822. The zero-order valence-corrected chi connectivity index (χ0v) is 15.3. The van der Waals surface area contributed by atoms with Crippen molar-refractivity contribution in [3.8, 4) is 17.6 Å². The number of hydrogen-bond donors (Lipinski definition) is 3. The van der Waals surface area contributed by atoms with E-state index in [1.165, 1.54) is 6.07 Å². The van der Waals surface area contributed by atoms with E-state index >= 15 is 0 Å². The molecular formula is C19H20N4O5. The lowest BCUT2D eigenvalue weighted by Crippen LogP contribution is -2.13. The number of aromatic nitrogens is 4. The van der Waals surface area contributed by atoms with E-state index in [4.69, 9.17) is 14.4 Å². The minimum atomic E-state index is -0.687. The number of ether oxygens (including phenoxy) is 1. The van der Waals surface area contributed by atoms with Gasteiger partial charge in [0.15, 0.2) is 5.75 Å². The van der Waals surface area contributed by atoms with Crippen molar-refractivity contribution >= 4 is 0 Å². The summed E-state index contributed by atoms with van der Waals surface area (Å²) in [6.07, 6.45) is 3.12. The highest BCUT2D eigenvalue weighted by Crippen LogP contribution is 2.12. The van der Waals surface area contributed by atoms with Crippen LogP contribution in [0.3, 0.4) is 0 Å². The lowest BCUT2D eigenvalue weighted by atomic mass is 10.3. The summed E-state index contributed by atoms with van der Waals surface area (Å²) < 4.78 is 12.2. The molecule has 146 valence electrons. The molecule has 9 heteroatoms. The number of pyridine rings is 1. The lowest BCUT2D eigenvalue weighted by Gasteiger charge is -2.07. The summed E-state index contributed by atoms with van der Waals surface area (Å²) in [6, 6.07) is 4.84. The first kappa shape index (κ1) is 19.4. The highest BCUT2D eigenvalue weighted by molar-refractivity contribution is 5.37. The van der Waals surface area contributed by atoms with Gasteiger partial charge in [0.1, 0.15) is 17.6 Å². The molecule has 3 aromatic rings. The molecule has 0 radical (unpaired) electrons. The quantitative estimate of drug-likeness (QED) is 0.407. The zero-order valence-electron chi connectivity index (χ0n) is 15.3. The number of imidazole rings is 1. The minimum Gasteiger partial charge on any atom is -0.488 e. The molecule has 1 atom stereocenters. The van der Waals surface area contributed by atoms with Gasteiger partial charge < -0.3 is 29.0 Å². The van der Waals surface area contributed by atoms with Gasteiger partial charge in [-0.25, -0.2) is 4.98 Å². The van der Waals surface area contributed by atoms with Gasteiger partial charge in [0, 0.05) is 31.5 Å². The van der Waals surface area contributed by atoms with Crippen LogP contribution in [0.1, 0.15) is 42.4 Å². The molecule has 28 heavy (non-hydrogen) atoms. The second-order valence-electron chi connectivity index (χ2n) is 6.01. The van der Waals surface area contributed by atoms with Crippen LogP contribution in [0.15, 0.2) is 39.9 Å². The third-order valence-corrected chi connectivity index (χ3v) is 3.77. The van der Waals surface area contributed by atoms with Gasteiger partial charge in [0.25, 0.3) is 5.56 Å². The van der Waals surface area contributed by atoms with Crippen LogP contribution < -0.4 is 10.3 Å². The van der Waals surface area contributed by atoms with E-state index in [0.717, 1.165) is 0 Å². The van der Waals surface area contributed by atoms with E-state index in [1.54, 1.807) is 36.0 Å². The molecule has 0 bridgehead atoms. The van der Waals surface area contributed by atoms with Gasteiger partial charge in [0.05, 0.1) is 18.8 Å². The first-order valence-corrected chi connectivity index (χ1v) is 8.70. The van der Waals surface area contributed by atoms with Crippen molar-refractivity contribution < 1.29 is 19.5 Å². The average Bonchev–Trinajstić information content (AvgIpc) is 3.31. The van der Waals surface area contributed by atoms with Crippen LogP contribution in [0.2, 0.25) is 0 Å². The molecule has 0 aliphatic carbocycles. The number of nitrogens with one attached hydrogen (secondary N) is 1. The van der Waals surface area contributed by atoms with Crippen molar-refractivity contribution in [3.05, 3.63) is 63.9 Å². The maximum absolute atomic E-state index is 11.9. The summed E-state index contributed by atoms with van der Waals surface area (Å²) in [5, 5.41) is 22.4. The number of nitrogens with zero attached hydrogens (tertiary/aromatic N) is 3. The Hall–Kier alpha value is -3.35. The summed E-state index contributed by atoms with van der Waals surface area (Å²) in [5.41, 5.74) is 0.641. The molecule has 0 spiro atoms. The van der Waals surface area contributed by atoms with Gasteiger partial charge in [-0.15, -0.1) is 0 Å². The molecular weight excluding hydrogens is 364 g/mol. The topological polar surface area (TPSA) is 126 Å². The fourth-order valence-electron chi connectivity index (χ4n) is 2.46. The Morgan fingerprint density at radius 3 is 3.00 bits per heavy atom. The first-order valence-electron chi connectivity index (χ1n) is 8.70. The molecule has 3 aromatic heterocycles. The second-order valence-corrected chi connectivity index (χ2v) is 6.01. The van der Waals surface area contributed by atoms with Gasteiger partial charge in [0.2, 0.25) is 5.76 Å². The van der Waals surface area contributed by atoms with E-state index in [2.05, 4.69) is 27.0 Å². The number of rotatable bonds is 7. The third-order valence-electron chi connectivity index (χ3n) is 3.77. The van der Waals surface area contributed by atoms with Crippen LogP contribution in [0.25, 0.3) is 0 Å². The Labute approximate surface area is 160 Å². The van der Waals surface area contributed by atoms with Crippen molar-refractivity contribution in [1.82, 2.24) is 19.7 Å². The van der Waals surface area contributed by atoms with Crippen molar-refractivity contribution in [2.75, 3.05) is 13.2 Å². The number of aliphatic hydroxyl groups excluding tert-OH is 2.